The van der Waals surface area contributed by atoms with E-state index in [-0.39, 0.29) is 0 Å². The zero-order valence-electron chi connectivity index (χ0n) is 6.31. The van der Waals surface area contributed by atoms with E-state index in [4.69, 9.17) is 10.2 Å². The van der Waals surface area contributed by atoms with Crippen molar-refractivity contribution >= 4 is 16.2 Å². The van der Waals surface area contributed by atoms with Crippen LogP contribution in [0.15, 0.2) is 0 Å². The van der Waals surface area contributed by atoms with Gasteiger partial charge in [-0.05, 0) is 0 Å². The lowest BCUT2D eigenvalue weighted by Crippen LogP contribution is -2.47. The van der Waals surface area contributed by atoms with E-state index in [0.717, 1.165) is 7.05 Å². The van der Waals surface area contributed by atoms with E-state index in [1.54, 1.807) is 4.72 Å². The molecule has 0 aromatic heterocycles. The summed E-state index contributed by atoms with van der Waals surface area (Å²) in [6, 6.07) is -1.51. The Hall–Kier alpha value is -0.700. The van der Waals surface area contributed by atoms with Crippen LogP contribution in [-0.2, 0) is 15.0 Å². The highest BCUT2D eigenvalue weighted by Crippen LogP contribution is 1.85. The Bertz CT molecular complexity index is 248. The summed E-state index contributed by atoms with van der Waals surface area (Å²) in [6.07, 6.45) is 0. The minimum atomic E-state index is -3.82. The van der Waals surface area contributed by atoms with Gasteiger partial charge in [0.1, 0.15) is 6.04 Å². The van der Waals surface area contributed by atoms with E-state index >= 15 is 0 Å². The van der Waals surface area contributed by atoms with E-state index in [1.165, 1.54) is 0 Å². The highest BCUT2D eigenvalue weighted by Gasteiger charge is 2.21. The van der Waals surface area contributed by atoms with Crippen LogP contribution in [0, 0.1) is 0 Å². The van der Waals surface area contributed by atoms with Gasteiger partial charge in [0.25, 0.3) is 10.2 Å². The number of hydrogen-bond donors (Lipinski definition) is 4. The van der Waals surface area contributed by atoms with Gasteiger partial charge in [0, 0.05) is 7.05 Å². The molecule has 0 saturated heterocycles. The molecule has 0 rings (SSSR count). The lowest BCUT2D eigenvalue weighted by molar-refractivity contribution is -0.139. The number of carbonyl (C=O) groups is 1. The van der Waals surface area contributed by atoms with Gasteiger partial charge >= 0.3 is 5.97 Å². The van der Waals surface area contributed by atoms with Crippen molar-refractivity contribution in [1.29, 1.82) is 0 Å². The van der Waals surface area contributed by atoms with Crippen LogP contribution in [0.1, 0.15) is 0 Å². The van der Waals surface area contributed by atoms with Crippen molar-refractivity contribution in [1.82, 2.24) is 9.44 Å². The van der Waals surface area contributed by atoms with Crippen LogP contribution < -0.4 is 9.44 Å². The minimum Gasteiger partial charge on any atom is -0.480 e. The van der Waals surface area contributed by atoms with Crippen molar-refractivity contribution in [2.45, 2.75) is 6.04 Å². The molecule has 12 heavy (non-hydrogen) atoms. The zero-order chi connectivity index (χ0) is 9.78. The van der Waals surface area contributed by atoms with Crippen molar-refractivity contribution in [3.8, 4) is 0 Å². The maximum atomic E-state index is 10.7. The van der Waals surface area contributed by atoms with E-state index < -0.39 is 28.8 Å². The molecule has 0 aromatic rings. The second kappa shape index (κ2) is 4.36. The maximum absolute atomic E-state index is 10.7. The first-order chi connectivity index (χ1) is 5.43. The van der Waals surface area contributed by atoms with E-state index in [1.807, 2.05) is 4.72 Å². The number of aliphatic hydroxyl groups is 1. The number of aliphatic carboxylic acids is 1. The first-order valence-electron chi connectivity index (χ1n) is 2.97. The molecule has 4 N–H and O–H groups in total. The molecule has 0 spiro atoms. The fraction of sp³-hybridized carbons (Fsp3) is 0.750. The van der Waals surface area contributed by atoms with Crippen molar-refractivity contribution in [2.24, 2.45) is 0 Å². The molecule has 0 radical (unpaired) electrons. The largest absolute Gasteiger partial charge is 0.480 e. The molecule has 8 heteroatoms. The topological polar surface area (TPSA) is 116 Å². The van der Waals surface area contributed by atoms with Crippen molar-refractivity contribution in [3.63, 3.8) is 0 Å². The minimum absolute atomic E-state index is 0.795. The highest BCUT2D eigenvalue weighted by molar-refractivity contribution is 7.87. The van der Waals surface area contributed by atoms with E-state index in [0.29, 0.717) is 0 Å². The third-order valence-electron chi connectivity index (χ3n) is 1.05. The molecule has 0 fully saturated rings. The van der Waals surface area contributed by atoms with Gasteiger partial charge in [-0.2, -0.15) is 13.1 Å². The maximum Gasteiger partial charge on any atom is 0.324 e. The smallest absolute Gasteiger partial charge is 0.324 e. The molecule has 0 heterocycles. The van der Waals surface area contributed by atoms with E-state index in [2.05, 4.69) is 0 Å². The van der Waals surface area contributed by atoms with Gasteiger partial charge in [0.05, 0.1) is 6.61 Å². The van der Waals surface area contributed by atoms with Crippen molar-refractivity contribution < 1.29 is 23.4 Å². The lowest BCUT2D eigenvalue weighted by atomic mass is 10.3. The van der Waals surface area contributed by atoms with Gasteiger partial charge in [-0.1, -0.05) is 0 Å². The summed E-state index contributed by atoms with van der Waals surface area (Å²) in [6.45, 7) is -0.795. The first-order valence-corrected chi connectivity index (χ1v) is 4.45. The third kappa shape index (κ3) is 3.62. The Morgan fingerprint density at radius 2 is 2.08 bits per heavy atom. The van der Waals surface area contributed by atoms with E-state index in [9.17, 15) is 13.2 Å². The monoisotopic (exact) mass is 198 g/mol. The SMILES string of the molecule is CNS(=O)(=O)NC(CO)C(=O)O. The summed E-state index contributed by atoms with van der Waals surface area (Å²) in [7, 11) is -2.69. The number of nitrogens with one attached hydrogen (secondary N) is 2. The number of carboxylic acid groups (broad SMARTS) is 1. The van der Waals surface area contributed by atoms with Gasteiger partial charge in [-0.25, -0.2) is 4.72 Å². The molecule has 1 atom stereocenters. The number of rotatable bonds is 5. The highest BCUT2D eigenvalue weighted by atomic mass is 32.2. The average molecular weight is 198 g/mol. The Balaban J connectivity index is 4.32. The van der Waals surface area contributed by atoms with Crippen LogP contribution in [0.2, 0.25) is 0 Å². The summed E-state index contributed by atoms with van der Waals surface area (Å²) < 4.78 is 24.9. The Labute approximate surface area is 69.6 Å². The molecule has 0 aromatic carbocycles. The summed E-state index contributed by atoms with van der Waals surface area (Å²) in [5.41, 5.74) is 0. The van der Waals surface area contributed by atoms with Gasteiger partial charge in [0.2, 0.25) is 0 Å². The fourth-order valence-corrected chi connectivity index (χ4v) is 1.08. The summed E-state index contributed by atoms with van der Waals surface area (Å²) in [5.74, 6) is -1.43. The van der Waals surface area contributed by atoms with Gasteiger partial charge in [-0.15, -0.1) is 0 Å². The molecule has 0 aliphatic rings. The molecular weight excluding hydrogens is 188 g/mol. The summed E-state index contributed by atoms with van der Waals surface area (Å²) in [5, 5.41) is 16.7. The molecule has 7 nitrogen and oxygen atoms in total. The number of hydrogen-bond acceptors (Lipinski definition) is 4. The molecule has 1 unspecified atom stereocenters. The second-order valence-corrected chi connectivity index (χ2v) is 3.55. The van der Waals surface area contributed by atoms with Gasteiger partial charge < -0.3 is 10.2 Å². The zero-order valence-corrected chi connectivity index (χ0v) is 7.13. The molecule has 72 valence electrons. The van der Waals surface area contributed by atoms with Crippen LogP contribution in [0.4, 0.5) is 0 Å². The quantitative estimate of drug-likeness (QED) is 0.389. The summed E-state index contributed by atoms with van der Waals surface area (Å²) >= 11 is 0. The first kappa shape index (κ1) is 11.3. The van der Waals surface area contributed by atoms with Crippen LogP contribution >= 0.6 is 0 Å². The third-order valence-corrected chi connectivity index (χ3v) is 2.18. The molecular formula is C4H10N2O5S. The lowest BCUT2D eigenvalue weighted by Gasteiger charge is -2.10. The second-order valence-electron chi connectivity index (χ2n) is 1.90. The Morgan fingerprint density at radius 1 is 1.58 bits per heavy atom. The molecule has 0 saturated carbocycles. The van der Waals surface area contributed by atoms with Gasteiger partial charge in [0.15, 0.2) is 0 Å². The molecule has 0 aliphatic carbocycles. The summed E-state index contributed by atoms with van der Waals surface area (Å²) in [4.78, 5) is 10.2. The van der Waals surface area contributed by atoms with Crippen LogP contribution in [0.5, 0.6) is 0 Å². The molecule has 0 amide bonds. The van der Waals surface area contributed by atoms with Gasteiger partial charge in [-0.3, -0.25) is 4.79 Å². The van der Waals surface area contributed by atoms with Crippen molar-refractivity contribution in [2.75, 3.05) is 13.7 Å². The Kier molecular flexibility index (Phi) is 4.10. The Morgan fingerprint density at radius 3 is 2.33 bits per heavy atom. The molecule has 0 bridgehead atoms. The average Bonchev–Trinajstić information content (AvgIpc) is 2.00. The predicted octanol–water partition coefficient (Wildman–Crippen LogP) is -2.51. The number of aliphatic hydroxyl groups excluding tert-OH is 1. The van der Waals surface area contributed by atoms with Crippen molar-refractivity contribution in [3.05, 3.63) is 0 Å². The van der Waals surface area contributed by atoms with Crippen LogP contribution in [0.3, 0.4) is 0 Å². The number of carboxylic acids is 1. The fourth-order valence-electron chi connectivity index (χ4n) is 0.412. The predicted molar refractivity (Wildman–Crippen MR) is 39.6 cm³/mol. The van der Waals surface area contributed by atoms with Crippen LogP contribution in [0.25, 0.3) is 0 Å². The molecule has 0 aliphatic heterocycles. The standard InChI is InChI=1S/C4H10N2O5S/c1-5-12(10,11)6-3(2-7)4(8)9/h3,5-7H,2H2,1H3,(H,8,9). The van der Waals surface area contributed by atoms with Crippen LogP contribution in [-0.4, -0.2) is 44.3 Å². The normalized spacial score (nSPS) is 14.2.